The number of aliphatic hydroxyl groups is 4. The van der Waals surface area contributed by atoms with Crippen molar-refractivity contribution < 1.29 is 132 Å². The van der Waals surface area contributed by atoms with Crippen LogP contribution in [0.5, 0.6) is 5.75 Å². The van der Waals surface area contributed by atoms with Crippen LogP contribution in [0.25, 0.3) is 0 Å². The minimum absolute atomic E-state index is 0.0359. The van der Waals surface area contributed by atoms with Gasteiger partial charge in [-0.05, 0) is 115 Å². The molecule has 128 heavy (non-hydrogen) atoms. The number of likely N-dealkylation sites (tertiary alicyclic amines) is 1. The van der Waals surface area contributed by atoms with E-state index in [0.717, 1.165) is 18.7 Å². The SMILES string of the molecule is CC(C)[C@H](NC(=O)[C@H](CC(N)=O)NC(=O)CNC(=O)[C@@H](N)CO)C(=O)N[C@@H](CO)C(=O)N1CCC[C@H]1C(=O)NCC(=O)N[C@H](C(=O)N[C@@H](CCCNC(=N)N)C(=O)N[C@@H](CCCNC(=N)N)C(=O)N[C@@H](CCC(=O)O)C(=O)N[C@@H](Cc1ccc(O)cc1)C(=O)N[C@@H](Cc1c[nH]cn1)C(=O)N[C@H](C(=O)N[C@@H](CCC(=O)O)C(=O)N[C@@H](CCCCN)C(=O)O)[C@@H](C)O)[C@@H](C)O. The number of phenolic OH excluding ortho intramolecular Hbond substituents is 1. The number of carbonyl (C=O) groups is 19. The number of amides is 16. The highest BCUT2D eigenvalue weighted by molar-refractivity contribution is 6.01. The number of imidazole rings is 1. The molecule has 0 unspecified atom stereocenters. The molecule has 53 nitrogen and oxygen atoms in total. The largest absolute Gasteiger partial charge is 0.508 e. The molecule has 712 valence electrons. The Labute approximate surface area is 732 Å². The number of nitrogens with one attached hydrogen (secondary N) is 19. The second kappa shape index (κ2) is 55.7. The number of benzene rings is 1. The van der Waals surface area contributed by atoms with E-state index >= 15 is 0 Å². The number of carboxylic acid groups (broad SMARTS) is 3. The number of rotatable bonds is 59. The summed E-state index contributed by atoms with van der Waals surface area (Å²) in [6.45, 7) is 1.25. The third-order valence-corrected chi connectivity index (χ3v) is 19.4. The lowest BCUT2D eigenvalue weighted by Gasteiger charge is -2.30. The van der Waals surface area contributed by atoms with Crippen LogP contribution in [0, 0.1) is 16.7 Å². The summed E-state index contributed by atoms with van der Waals surface area (Å²) in [6, 6.07) is -19.2. The number of H-pyrrole nitrogens is 1. The Kier molecular flexibility index (Phi) is 47.3. The topological polar surface area (TPSA) is 888 Å². The van der Waals surface area contributed by atoms with Gasteiger partial charge in [0.15, 0.2) is 11.9 Å². The molecule has 1 aromatic heterocycles. The van der Waals surface area contributed by atoms with Crippen LogP contribution in [0.3, 0.4) is 0 Å². The Balaban J connectivity index is 1.96. The Bertz CT molecular complexity index is 4160. The normalized spacial score (nSPS) is 15.7. The van der Waals surface area contributed by atoms with Gasteiger partial charge in [-0.2, -0.15) is 0 Å². The molecule has 1 aliphatic rings. The molecule has 0 saturated carbocycles. The lowest BCUT2D eigenvalue weighted by Crippen LogP contribution is -2.62. The first kappa shape index (κ1) is 109. The molecule has 53 heteroatoms. The van der Waals surface area contributed by atoms with Crippen molar-refractivity contribution in [1.82, 2.24) is 99.9 Å². The monoisotopic (exact) mass is 1820 g/mol. The van der Waals surface area contributed by atoms with E-state index in [0.29, 0.717) is 6.42 Å². The van der Waals surface area contributed by atoms with Crippen LogP contribution in [0.15, 0.2) is 36.8 Å². The summed E-state index contributed by atoms with van der Waals surface area (Å²) in [7, 11) is 0. The standard InChI is InChI=1S/C75H120N26O27/c1-35(2)57(99-67(121)49(28-52(78)107)89-53(108)30-86-60(114)41(77)32-102)69(123)97-50(33-103)72(126)101-25-9-13-51(101)68(122)87-31-54(109)98-58(36(3)104)70(124)92-43(12-8-24-85-75(81)82)62(116)90-42(11-7-23-84-74(79)80)61(115)91-44(18-20-55(110)111)64(118)95-47(26-38-14-16-40(106)17-15-38)65(119)96-48(27-39-29-83-34-88-39)66(120)100-59(37(4)105)71(125)93-45(19-21-56(112)113)63(117)94-46(73(127)128)10-5-6-22-76/h14-17,29,34-37,41-51,57-59,102-106H,5-13,18-28,30-33,76-77H2,1-4H3,(H2,78,107)(H,83,88)(H,86,114)(H,87,122)(H,89,108)(H,90,116)(H,91,115)(H,92,124)(H,93,125)(H,94,117)(H,95,118)(H,96,119)(H,97,123)(H,98,109)(H,99,121)(H,100,120)(H,110,111)(H,112,113)(H,127,128)(H4,79,80,84)(H4,81,82,85)/t36-,37-,41+,42+,43+,44+,45+,46+,47+,48+,49+,50+,51+,57+,58+,59+/m1/s1. The van der Waals surface area contributed by atoms with E-state index in [4.69, 9.17) is 44.6 Å². The first-order valence-corrected chi connectivity index (χ1v) is 40.7. The highest BCUT2D eigenvalue weighted by Gasteiger charge is 2.42. The number of aromatic hydroxyl groups is 1. The Hall–Kier alpha value is -13.5. The van der Waals surface area contributed by atoms with Gasteiger partial charge in [0.25, 0.3) is 0 Å². The van der Waals surface area contributed by atoms with Crippen molar-refractivity contribution >= 4 is 124 Å². The van der Waals surface area contributed by atoms with Crippen molar-refractivity contribution in [2.75, 3.05) is 52.5 Å². The van der Waals surface area contributed by atoms with Gasteiger partial charge < -0.3 is 164 Å². The number of hydrogen-bond acceptors (Lipinski definition) is 29. The lowest BCUT2D eigenvalue weighted by molar-refractivity contribution is -0.143. The molecule has 1 fully saturated rings. The fraction of sp³-hybridized carbons (Fsp3) is 0.600. The third kappa shape index (κ3) is 39.3. The van der Waals surface area contributed by atoms with Crippen LogP contribution in [-0.2, 0) is 104 Å². The zero-order valence-corrected chi connectivity index (χ0v) is 70.9. The molecule has 0 radical (unpaired) electrons. The highest BCUT2D eigenvalue weighted by atomic mass is 16.4. The zero-order valence-electron chi connectivity index (χ0n) is 70.9. The van der Waals surface area contributed by atoms with E-state index < -0.39 is 305 Å². The average molecular weight is 1820 g/mol. The molecular formula is C75H120N26O27. The summed E-state index contributed by atoms with van der Waals surface area (Å²) < 4.78 is 0. The summed E-state index contributed by atoms with van der Waals surface area (Å²) >= 11 is 0. The maximum atomic E-state index is 14.9. The molecule has 1 saturated heterocycles. The summed E-state index contributed by atoms with van der Waals surface area (Å²) in [4.78, 5) is 265. The minimum atomic E-state index is -2.02. The third-order valence-electron chi connectivity index (χ3n) is 19.4. The van der Waals surface area contributed by atoms with Gasteiger partial charge in [-0.3, -0.25) is 97.1 Å². The number of guanidine groups is 2. The van der Waals surface area contributed by atoms with E-state index in [1.807, 2.05) is 0 Å². The number of aromatic amines is 1. The predicted octanol–water partition coefficient (Wildman–Crippen LogP) is -13.0. The second-order valence-corrected chi connectivity index (χ2v) is 30.2. The molecule has 16 amide bonds. The number of unbranched alkanes of at least 4 members (excludes halogenated alkanes) is 1. The summed E-state index contributed by atoms with van der Waals surface area (Å²) in [5, 5.41) is 134. The number of carboxylic acids is 3. The summed E-state index contributed by atoms with van der Waals surface area (Å²) in [5.74, 6) is -24.7. The van der Waals surface area contributed by atoms with Crippen molar-refractivity contribution in [3.63, 3.8) is 0 Å². The quantitative estimate of drug-likeness (QED) is 0.0166. The fourth-order valence-electron chi connectivity index (χ4n) is 12.6. The van der Waals surface area contributed by atoms with Crippen molar-refractivity contribution in [2.45, 2.75) is 227 Å². The number of aliphatic carboxylic acids is 3. The second-order valence-electron chi connectivity index (χ2n) is 30.2. The molecule has 1 aliphatic heterocycles. The zero-order chi connectivity index (χ0) is 96.2. The van der Waals surface area contributed by atoms with Gasteiger partial charge in [0.1, 0.15) is 90.3 Å². The molecule has 2 aromatic rings. The first-order chi connectivity index (χ1) is 60.3. The molecule has 0 spiro atoms. The van der Waals surface area contributed by atoms with Gasteiger partial charge in [0.05, 0.1) is 57.0 Å². The Morgan fingerprint density at radius 3 is 1.38 bits per heavy atom. The van der Waals surface area contributed by atoms with Crippen molar-refractivity contribution in [2.24, 2.45) is 34.6 Å². The van der Waals surface area contributed by atoms with Gasteiger partial charge in [-0.25, -0.2) is 9.78 Å². The van der Waals surface area contributed by atoms with Crippen LogP contribution in [0.4, 0.5) is 0 Å². The van der Waals surface area contributed by atoms with Crippen LogP contribution in [-0.4, -0.2) is 329 Å². The number of carbonyl (C=O) groups excluding carboxylic acids is 16. The molecule has 0 aliphatic carbocycles. The van der Waals surface area contributed by atoms with E-state index in [-0.39, 0.29) is 88.1 Å². The van der Waals surface area contributed by atoms with E-state index in [9.17, 15) is 127 Å². The molecular weight excluding hydrogens is 1700 g/mol. The fourth-order valence-corrected chi connectivity index (χ4v) is 12.6. The van der Waals surface area contributed by atoms with E-state index in [1.54, 1.807) is 0 Å². The summed E-state index contributed by atoms with van der Waals surface area (Å²) in [5.41, 5.74) is 27.6. The Morgan fingerprint density at radius 1 is 0.492 bits per heavy atom. The van der Waals surface area contributed by atoms with Crippen molar-refractivity contribution in [1.29, 1.82) is 10.8 Å². The van der Waals surface area contributed by atoms with Gasteiger partial charge in [0.2, 0.25) is 94.5 Å². The van der Waals surface area contributed by atoms with Crippen LogP contribution >= 0.6 is 0 Å². The number of aromatic nitrogens is 2. The molecule has 2 heterocycles. The molecule has 0 bridgehead atoms. The van der Waals surface area contributed by atoms with Gasteiger partial charge in [-0.15, -0.1) is 0 Å². The molecule has 16 atom stereocenters. The smallest absolute Gasteiger partial charge is 0.326 e. The molecule has 37 N–H and O–H groups in total. The first-order valence-electron chi connectivity index (χ1n) is 40.7. The maximum absolute atomic E-state index is 14.9. The Morgan fingerprint density at radius 2 is 0.922 bits per heavy atom. The lowest BCUT2D eigenvalue weighted by atomic mass is 10.0. The van der Waals surface area contributed by atoms with Gasteiger partial charge in [-0.1, -0.05) is 26.0 Å². The number of aliphatic hydroxyl groups excluding tert-OH is 4. The van der Waals surface area contributed by atoms with Crippen LogP contribution in [0.1, 0.15) is 129 Å². The predicted molar refractivity (Wildman–Crippen MR) is 445 cm³/mol. The number of phenols is 1. The van der Waals surface area contributed by atoms with Crippen molar-refractivity contribution in [3.8, 4) is 5.75 Å². The highest BCUT2D eigenvalue weighted by Crippen LogP contribution is 2.20. The van der Waals surface area contributed by atoms with Gasteiger partial charge in [0, 0.05) is 51.5 Å². The van der Waals surface area contributed by atoms with Crippen molar-refractivity contribution in [3.05, 3.63) is 48.0 Å². The van der Waals surface area contributed by atoms with Gasteiger partial charge >= 0.3 is 17.9 Å². The number of nitrogens with two attached hydrogens (primary N) is 5. The number of primary amides is 1. The summed E-state index contributed by atoms with van der Waals surface area (Å²) in [6.07, 6.45) is -6.32. The maximum Gasteiger partial charge on any atom is 0.326 e. The number of hydrogen-bond donors (Lipinski definition) is 32. The van der Waals surface area contributed by atoms with E-state index in [1.165, 1.54) is 50.6 Å². The average Bonchev–Trinajstić information content (AvgIpc) is 1.64. The minimum Gasteiger partial charge on any atom is -0.508 e. The molecule has 3 rings (SSSR count). The van der Waals surface area contributed by atoms with E-state index in [2.05, 4.69) is 95.0 Å². The van der Waals surface area contributed by atoms with Crippen LogP contribution < -0.4 is 114 Å². The van der Waals surface area contributed by atoms with Crippen LogP contribution in [0.2, 0.25) is 0 Å². The number of nitrogens with zero attached hydrogens (tertiary/aromatic N) is 2. The molecule has 1 aromatic carbocycles.